The van der Waals surface area contributed by atoms with Crippen molar-refractivity contribution in [2.24, 2.45) is 0 Å². The minimum Gasteiger partial charge on any atom is -0.495 e. The lowest BCUT2D eigenvalue weighted by atomic mass is 10.1. The normalized spacial score (nSPS) is 10.8. The van der Waals surface area contributed by atoms with Crippen molar-refractivity contribution >= 4 is 39.9 Å². The van der Waals surface area contributed by atoms with Crippen molar-refractivity contribution in [1.29, 1.82) is 0 Å². The van der Waals surface area contributed by atoms with Crippen molar-refractivity contribution in [3.05, 3.63) is 115 Å². The Labute approximate surface area is 267 Å². The van der Waals surface area contributed by atoms with E-state index in [9.17, 15) is 4.79 Å². The average molecular weight is 614 g/mol. The van der Waals surface area contributed by atoms with Crippen molar-refractivity contribution in [3.63, 3.8) is 0 Å². The summed E-state index contributed by atoms with van der Waals surface area (Å²) in [6.07, 6.45) is 4.54. The predicted octanol–water partition coefficient (Wildman–Crippen LogP) is 8.66. The number of carbonyl (C=O) groups is 1. The Hall–Kier alpha value is -5.90. The Balaban J connectivity index is 1.22. The number of aromatic nitrogens is 4. The Morgan fingerprint density at radius 1 is 0.848 bits per heavy atom. The molecule has 0 saturated carbocycles. The average Bonchev–Trinajstić information content (AvgIpc) is 3.47. The van der Waals surface area contributed by atoms with Gasteiger partial charge in [0.1, 0.15) is 17.3 Å². The van der Waals surface area contributed by atoms with E-state index in [1.807, 2.05) is 97.9 Å². The van der Waals surface area contributed by atoms with Crippen LogP contribution in [-0.4, -0.2) is 32.9 Å². The van der Waals surface area contributed by atoms with Gasteiger partial charge >= 0.3 is 6.03 Å². The maximum atomic E-state index is 13.4. The van der Waals surface area contributed by atoms with Gasteiger partial charge in [0.2, 0.25) is 11.8 Å². The number of ether oxygens (including phenoxy) is 2. The largest absolute Gasteiger partial charge is 0.495 e. The van der Waals surface area contributed by atoms with Gasteiger partial charge in [-0.25, -0.2) is 14.5 Å². The molecule has 0 radical (unpaired) electrons. The van der Waals surface area contributed by atoms with Gasteiger partial charge in [-0.15, -0.1) is 0 Å². The van der Waals surface area contributed by atoms with Crippen LogP contribution in [0.3, 0.4) is 0 Å². The summed E-state index contributed by atoms with van der Waals surface area (Å²) < 4.78 is 13.4. The summed E-state index contributed by atoms with van der Waals surface area (Å²) in [4.78, 5) is 22.2. The smallest absolute Gasteiger partial charge is 0.324 e. The number of benzene rings is 4. The van der Waals surface area contributed by atoms with Crippen LogP contribution in [0, 0.1) is 6.92 Å². The van der Waals surface area contributed by atoms with Gasteiger partial charge in [0.05, 0.1) is 29.9 Å². The number of para-hydroxylation sites is 2. The number of amides is 2. The summed E-state index contributed by atoms with van der Waals surface area (Å²) in [7, 11) is 1.61. The molecular weight excluding hydrogens is 578 g/mol. The summed E-state index contributed by atoms with van der Waals surface area (Å²) in [6.45, 7) is 4.19. The maximum absolute atomic E-state index is 13.4. The highest BCUT2D eigenvalue weighted by atomic mass is 16.5. The van der Waals surface area contributed by atoms with Gasteiger partial charge in [0.25, 0.3) is 0 Å². The molecule has 0 atom stereocenters. The number of fused-ring (bicyclic) bond motifs is 1. The van der Waals surface area contributed by atoms with Crippen LogP contribution in [-0.2, 0) is 6.42 Å². The molecule has 46 heavy (non-hydrogen) atoms. The van der Waals surface area contributed by atoms with Gasteiger partial charge in [0.15, 0.2) is 0 Å². The lowest BCUT2D eigenvalue weighted by Gasteiger charge is -2.14. The van der Waals surface area contributed by atoms with Crippen LogP contribution < -0.4 is 25.4 Å². The highest BCUT2D eigenvalue weighted by Crippen LogP contribution is 2.35. The second-order valence-electron chi connectivity index (χ2n) is 10.8. The third-order valence-corrected chi connectivity index (χ3v) is 7.40. The van der Waals surface area contributed by atoms with Crippen LogP contribution in [0.2, 0.25) is 0 Å². The first kappa shape index (κ1) is 30.1. The van der Waals surface area contributed by atoms with Crippen molar-refractivity contribution < 1.29 is 14.3 Å². The first-order valence-corrected chi connectivity index (χ1v) is 15.2. The van der Waals surface area contributed by atoms with Gasteiger partial charge in [-0.1, -0.05) is 67.4 Å². The zero-order chi connectivity index (χ0) is 31.9. The number of unbranched alkanes of at least 4 members (excludes halogenated alkanes) is 1. The fourth-order valence-electron chi connectivity index (χ4n) is 5.06. The van der Waals surface area contributed by atoms with Crippen LogP contribution in [0.1, 0.15) is 31.0 Å². The van der Waals surface area contributed by atoms with Gasteiger partial charge < -0.3 is 20.1 Å². The summed E-state index contributed by atoms with van der Waals surface area (Å²) in [5.74, 6) is 2.58. The molecule has 232 valence electrons. The Kier molecular flexibility index (Phi) is 9.05. The molecule has 10 heteroatoms. The zero-order valence-electron chi connectivity index (χ0n) is 25.9. The molecule has 0 bridgehead atoms. The predicted molar refractivity (Wildman–Crippen MR) is 182 cm³/mol. The number of nitrogens with zero attached hydrogens (tertiary/aromatic N) is 4. The number of urea groups is 1. The molecule has 2 heterocycles. The summed E-state index contributed by atoms with van der Waals surface area (Å²) in [5.41, 5.74) is 4.32. The third-order valence-electron chi connectivity index (χ3n) is 7.40. The van der Waals surface area contributed by atoms with E-state index < -0.39 is 0 Å². The van der Waals surface area contributed by atoms with E-state index in [1.54, 1.807) is 24.1 Å². The first-order valence-electron chi connectivity index (χ1n) is 15.2. The lowest BCUT2D eigenvalue weighted by Crippen LogP contribution is -2.21. The fourth-order valence-corrected chi connectivity index (χ4v) is 5.06. The molecule has 10 nitrogen and oxygen atoms in total. The molecule has 0 aliphatic heterocycles. The van der Waals surface area contributed by atoms with Gasteiger partial charge in [0, 0.05) is 29.1 Å². The van der Waals surface area contributed by atoms with E-state index in [0.29, 0.717) is 34.8 Å². The van der Waals surface area contributed by atoms with Crippen LogP contribution in [0.15, 0.2) is 103 Å². The second kappa shape index (κ2) is 13.8. The van der Waals surface area contributed by atoms with Crippen molar-refractivity contribution in [3.8, 4) is 23.1 Å². The number of nitrogens with one attached hydrogen (secondary N) is 3. The van der Waals surface area contributed by atoms with Crippen molar-refractivity contribution in [2.75, 3.05) is 23.1 Å². The highest BCUT2D eigenvalue weighted by Gasteiger charge is 2.15. The quantitative estimate of drug-likeness (QED) is 0.134. The first-order chi connectivity index (χ1) is 22.5. The van der Waals surface area contributed by atoms with E-state index in [2.05, 4.69) is 32.8 Å². The second-order valence-corrected chi connectivity index (χ2v) is 10.8. The van der Waals surface area contributed by atoms with Crippen LogP contribution >= 0.6 is 0 Å². The molecule has 6 rings (SSSR count). The van der Waals surface area contributed by atoms with E-state index in [4.69, 9.17) is 14.6 Å². The van der Waals surface area contributed by atoms with Crippen LogP contribution in [0.4, 0.5) is 27.9 Å². The summed E-state index contributed by atoms with van der Waals surface area (Å²) in [5, 5.41) is 15.6. The van der Waals surface area contributed by atoms with Gasteiger partial charge in [-0.05, 0) is 56.2 Å². The lowest BCUT2D eigenvalue weighted by molar-refractivity contribution is 0.262. The van der Waals surface area contributed by atoms with E-state index in [0.717, 1.165) is 52.7 Å². The minimum absolute atomic E-state index is 0.360. The number of aryl methyl sites for hydroxylation is 2. The standard InChI is InChI=1S/C36H35N7O3/c1-4-5-10-25-23-33(43(42-25)26-17-15-24(2)16-18-26)40-36(44)39-29-19-20-31(28-12-7-6-11-27(28)29)46-34-21-22-37-35(41-34)38-30-13-8-9-14-32(30)45-3/h6-9,11-23H,4-5,10H2,1-3H3,(H,37,38,41)(H2,39,40,44). The SMILES string of the molecule is CCCCc1cc(NC(=O)Nc2ccc(Oc3ccnc(Nc4ccccc4OC)n3)c3ccccc23)n(-c2ccc(C)cc2)n1. The number of methoxy groups -OCH3 is 1. The highest BCUT2D eigenvalue weighted by molar-refractivity contribution is 6.07. The Morgan fingerprint density at radius 2 is 1.63 bits per heavy atom. The molecule has 2 aromatic heterocycles. The molecule has 3 N–H and O–H groups in total. The topological polar surface area (TPSA) is 115 Å². The van der Waals surface area contributed by atoms with E-state index in [-0.39, 0.29) is 6.03 Å². The van der Waals surface area contributed by atoms with Gasteiger partial charge in [-0.3, -0.25) is 5.32 Å². The number of hydrogen-bond acceptors (Lipinski definition) is 7. The molecular formula is C36H35N7O3. The maximum Gasteiger partial charge on any atom is 0.324 e. The fraction of sp³-hybridized carbons (Fsp3) is 0.167. The molecule has 4 aromatic carbocycles. The molecule has 0 spiro atoms. The zero-order valence-corrected chi connectivity index (χ0v) is 25.9. The molecule has 0 aliphatic rings. The van der Waals surface area contributed by atoms with E-state index >= 15 is 0 Å². The number of rotatable bonds is 11. The number of carbonyl (C=O) groups excluding carboxylic acids is 1. The molecule has 6 aromatic rings. The number of hydrogen-bond donors (Lipinski definition) is 3. The van der Waals surface area contributed by atoms with Crippen LogP contribution in [0.5, 0.6) is 17.4 Å². The minimum atomic E-state index is -0.378. The Bertz CT molecular complexity index is 1970. The number of anilines is 4. The summed E-state index contributed by atoms with van der Waals surface area (Å²) in [6, 6.07) is 30.2. The van der Waals surface area contributed by atoms with E-state index in [1.165, 1.54) is 0 Å². The van der Waals surface area contributed by atoms with Gasteiger partial charge in [-0.2, -0.15) is 10.1 Å². The third kappa shape index (κ3) is 6.91. The van der Waals surface area contributed by atoms with Crippen molar-refractivity contribution in [1.82, 2.24) is 19.7 Å². The van der Waals surface area contributed by atoms with Crippen LogP contribution in [0.25, 0.3) is 16.5 Å². The molecule has 0 saturated heterocycles. The molecule has 0 fully saturated rings. The monoisotopic (exact) mass is 613 g/mol. The summed E-state index contributed by atoms with van der Waals surface area (Å²) >= 11 is 0. The molecule has 0 unspecified atom stereocenters. The van der Waals surface area contributed by atoms with Crippen molar-refractivity contribution in [2.45, 2.75) is 33.1 Å². The molecule has 2 amide bonds. The molecule has 0 aliphatic carbocycles. The Morgan fingerprint density at radius 3 is 2.43 bits per heavy atom.